The van der Waals surface area contributed by atoms with Crippen molar-refractivity contribution in [3.05, 3.63) is 0 Å². The molecular formula is C18H32O. The zero-order valence-electron chi connectivity index (χ0n) is 12.8. The van der Waals surface area contributed by atoms with Crippen LogP contribution in [0.15, 0.2) is 0 Å². The molecule has 0 radical (unpaired) electrons. The summed E-state index contributed by atoms with van der Waals surface area (Å²) in [5, 5.41) is 0. The smallest absolute Gasteiger partial charge is 0.123 e. The molecule has 110 valence electrons. The molecule has 0 bridgehead atoms. The molecule has 0 N–H and O–H groups in total. The number of rotatable bonds is 6. The molecule has 0 unspecified atom stereocenters. The average Bonchev–Trinajstić information content (AvgIpc) is 2.48. The molecule has 1 nitrogen and oxygen atoms in total. The number of carbonyl (C=O) groups is 1. The lowest BCUT2D eigenvalue weighted by Gasteiger charge is -2.37. The highest BCUT2D eigenvalue weighted by molar-refractivity contribution is 5.53. The van der Waals surface area contributed by atoms with E-state index in [-0.39, 0.29) is 0 Å². The molecule has 0 aliphatic heterocycles. The van der Waals surface area contributed by atoms with E-state index in [1.807, 2.05) is 0 Å². The second-order valence-corrected chi connectivity index (χ2v) is 7.09. The van der Waals surface area contributed by atoms with Gasteiger partial charge in [0.1, 0.15) is 6.29 Å². The van der Waals surface area contributed by atoms with Gasteiger partial charge in [-0.3, -0.25) is 0 Å². The van der Waals surface area contributed by atoms with Crippen LogP contribution in [-0.4, -0.2) is 6.29 Å². The van der Waals surface area contributed by atoms with E-state index >= 15 is 0 Å². The Labute approximate surface area is 119 Å². The van der Waals surface area contributed by atoms with Crippen LogP contribution in [-0.2, 0) is 4.79 Å². The third-order valence-electron chi connectivity index (χ3n) is 5.78. The van der Waals surface area contributed by atoms with Gasteiger partial charge in [0.25, 0.3) is 0 Å². The van der Waals surface area contributed by atoms with Crippen molar-refractivity contribution in [1.29, 1.82) is 0 Å². The quantitative estimate of drug-likeness (QED) is 0.465. The van der Waals surface area contributed by atoms with Crippen molar-refractivity contribution >= 4 is 6.29 Å². The summed E-state index contributed by atoms with van der Waals surface area (Å²) in [7, 11) is 0. The third kappa shape index (κ3) is 4.61. The summed E-state index contributed by atoms with van der Waals surface area (Å²) in [5.74, 6) is 3.37. The zero-order chi connectivity index (χ0) is 13.5. The van der Waals surface area contributed by atoms with Crippen LogP contribution in [0.1, 0.15) is 84.0 Å². The van der Waals surface area contributed by atoms with Gasteiger partial charge in [-0.05, 0) is 56.3 Å². The highest BCUT2D eigenvalue weighted by atomic mass is 16.1. The van der Waals surface area contributed by atoms with Crippen LogP contribution >= 0.6 is 0 Å². The standard InChI is InChI=1S/C18H32O/c1-2-3-4-5-15-6-10-17(11-7-15)18-12-8-16(14-19)9-13-18/h14-18H,2-13H2,1H3. The van der Waals surface area contributed by atoms with E-state index in [2.05, 4.69) is 6.92 Å². The van der Waals surface area contributed by atoms with E-state index in [9.17, 15) is 4.79 Å². The maximum absolute atomic E-state index is 10.8. The summed E-state index contributed by atoms with van der Waals surface area (Å²) in [6.07, 6.45) is 17.9. The van der Waals surface area contributed by atoms with E-state index in [1.54, 1.807) is 0 Å². The van der Waals surface area contributed by atoms with Gasteiger partial charge in [-0.15, -0.1) is 0 Å². The van der Waals surface area contributed by atoms with Crippen LogP contribution in [0, 0.1) is 23.7 Å². The summed E-state index contributed by atoms with van der Waals surface area (Å²) in [5.41, 5.74) is 0. The predicted octanol–water partition coefficient (Wildman–Crippen LogP) is 5.38. The Morgan fingerprint density at radius 3 is 1.95 bits per heavy atom. The first-order valence-electron chi connectivity index (χ1n) is 8.78. The fraction of sp³-hybridized carbons (Fsp3) is 0.944. The van der Waals surface area contributed by atoms with E-state index in [0.29, 0.717) is 5.92 Å². The molecule has 19 heavy (non-hydrogen) atoms. The summed E-state index contributed by atoms with van der Waals surface area (Å²) >= 11 is 0. The van der Waals surface area contributed by atoms with Gasteiger partial charge in [0, 0.05) is 5.92 Å². The van der Waals surface area contributed by atoms with Gasteiger partial charge < -0.3 is 4.79 Å². The molecule has 2 rings (SSSR count). The molecule has 0 amide bonds. The molecule has 1 heteroatoms. The van der Waals surface area contributed by atoms with Crippen LogP contribution in [0.25, 0.3) is 0 Å². The van der Waals surface area contributed by atoms with Crippen molar-refractivity contribution in [1.82, 2.24) is 0 Å². The van der Waals surface area contributed by atoms with Crippen LogP contribution in [0.5, 0.6) is 0 Å². The second kappa shape index (κ2) is 8.07. The van der Waals surface area contributed by atoms with Crippen molar-refractivity contribution in [3.63, 3.8) is 0 Å². The van der Waals surface area contributed by atoms with Crippen molar-refractivity contribution < 1.29 is 4.79 Å². The van der Waals surface area contributed by atoms with E-state index in [0.717, 1.165) is 17.8 Å². The summed E-state index contributed by atoms with van der Waals surface area (Å²) in [4.78, 5) is 10.8. The Kier molecular flexibility index (Phi) is 6.40. The van der Waals surface area contributed by atoms with Gasteiger partial charge in [-0.1, -0.05) is 45.4 Å². The van der Waals surface area contributed by atoms with Crippen LogP contribution < -0.4 is 0 Å². The molecular weight excluding hydrogens is 232 g/mol. The molecule has 2 aliphatic rings. The molecule has 0 saturated heterocycles. The first kappa shape index (κ1) is 15.1. The lowest BCUT2D eigenvalue weighted by molar-refractivity contribution is -0.112. The summed E-state index contributed by atoms with van der Waals surface area (Å²) < 4.78 is 0. The fourth-order valence-corrected chi connectivity index (χ4v) is 4.38. The highest BCUT2D eigenvalue weighted by Crippen LogP contribution is 2.41. The van der Waals surface area contributed by atoms with Gasteiger partial charge in [0.2, 0.25) is 0 Å². The maximum Gasteiger partial charge on any atom is 0.123 e. The zero-order valence-corrected chi connectivity index (χ0v) is 12.8. The van der Waals surface area contributed by atoms with Crippen LogP contribution in [0.2, 0.25) is 0 Å². The van der Waals surface area contributed by atoms with E-state index < -0.39 is 0 Å². The molecule has 0 spiro atoms. The number of hydrogen-bond acceptors (Lipinski definition) is 1. The molecule has 2 aliphatic carbocycles. The lowest BCUT2D eigenvalue weighted by Crippen LogP contribution is -2.26. The minimum absolute atomic E-state index is 0.390. The Hall–Kier alpha value is -0.330. The fourth-order valence-electron chi connectivity index (χ4n) is 4.38. The average molecular weight is 264 g/mol. The van der Waals surface area contributed by atoms with Crippen molar-refractivity contribution in [2.75, 3.05) is 0 Å². The monoisotopic (exact) mass is 264 g/mol. The summed E-state index contributed by atoms with van der Waals surface area (Å²) in [6.45, 7) is 2.30. The topological polar surface area (TPSA) is 17.1 Å². The number of aldehydes is 1. The molecule has 0 aromatic rings. The van der Waals surface area contributed by atoms with Gasteiger partial charge in [0.15, 0.2) is 0 Å². The first-order chi connectivity index (χ1) is 9.33. The SMILES string of the molecule is CCCCCC1CCC(C2CCC(C=O)CC2)CC1. The molecule has 2 fully saturated rings. The Bertz CT molecular complexity index is 244. The minimum Gasteiger partial charge on any atom is -0.303 e. The third-order valence-corrected chi connectivity index (χ3v) is 5.78. The van der Waals surface area contributed by atoms with Crippen molar-refractivity contribution in [3.8, 4) is 0 Å². The number of carbonyl (C=O) groups excluding carboxylic acids is 1. The van der Waals surface area contributed by atoms with E-state index in [1.165, 1.54) is 83.3 Å². The van der Waals surface area contributed by atoms with Crippen molar-refractivity contribution in [2.45, 2.75) is 84.0 Å². The molecule has 0 aromatic heterocycles. The Balaban J connectivity index is 1.64. The second-order valence-electron chi connectivity index (χ2n) is 7.09. The molecule has 2 saturated carbocycles. The van der Waals surface area contributed by atoms with Crippen LogP contribution in [0.3, 0.4) is 0 Å². The Morgan fingerprint density at radius 2 is 1.42 bits per heavy atom. The van der Waals surface area contributed by atoms with Gasteiger partial charge in [-0.25, -0.2) is 0 Å². The van der Waals surface area contributed by atoms with Gasteiger partial charge in [0.05, 0.1) is 0 Å². The largest absolute Gasteiger partial charge is 0.303 e. The highest BCUT2D eigenvalue weighted by Gasteiger charge is 2.30. The lowest BCUT2D eigenvalue weighted by atomic mass is 9.69. The number of unbranched alkanes of at least 4 members (excludes halogenated alkanes) is 2. The maximum atomic E-state index is 10.8. The van der Waals surface area contributed by atoms with Crippen LogP contribution in [0.4, 0.5) is 0 Å². The van der Waals surface area contributed by atoms with Gasteiger partial charge >= 0.3 is 0 Å². The Morgan fingerprint density at radius 1 is 0.842 bits per heavy atom. The van der Waals surface area contributed by atoms with E-state index in [4.69, 9.17) is 0 Å². The normalized spacial score (nSPS) is 36.1. The summed E-state index contributed by atoms with van der Waals surface area (Å²) in [6, 6.07) is 0. The molecule has 0 heterocycles. The van der Waals surface area contributed by atoms with Crippen molar-refractivity contribution in [2.24, 2.45) is 23.7 Å². The molecule has 0 atom stereocenters. The molecule has 0 aromatic carbocycles. The van der Waals surface area contributed by atoms with Gasteiger partial charge in [-0.2, -0.15) is 0 Å². The number of hydrogen-bond donors (Lipinski definition) is 0. The first-order valence-corrected chi connectivity index (χ1v) is 8.78. The predicted molar refractivity (Wildman–Crippen MR) is 81.1 cm³/mol. The minimum atomic E-state index is 0.390.